The van der Waals surface area contributed by atoms with Gasteiger partial charge < -0.3 is 19.7 Å². The Labute approximate surface area is 325 Å². The Morgan fingerprint density at radius 3 is 2.11 bits per heavy atom. The van der Waals surface area contributed by atoms with Crippen molar-refractivity contribution in [1.82, 2.24) is 15.3 Å². The lowest BCUT2D eigenvalue weighted by Gasteiger charge is -2.39. The van der Waals surface area contributed by atoms with E-state index < -0.39 is 53.9 Å². The SMILES string of the molecule is CC(=O)N([C@@H](CC(=O)O)C(=O)c1nc2cc(Cl)cc(Cl)c2o1)N1C(=O)[C@@H](NC(=O)CCc2ccccc2)CN(C(=O)CCc2ccccc2)c2ccccc21. The summed E-state index contributed by atoms with van der Waals surface area (Å²) in [5, 5.41) is 14.6. The normalized spacial score (nSPS) is 14.5. The number of benzene rings is 4. The van der Waals surface area contributed by atoms with E-state index in [0.29, 0.717) is 17.9 Å². The first-order valence-electron chi connectivity index (χ1n) is 17.3. The van der Waals surface area contributed by atoms with Crippen LogP contribution in [-0.4, -0.2) is 69.1 Å². The summed E-state index contributed by atoms with van der Waals surface area (Å²) in [6.07, 6.45) is -0.235. The molecule has 1 aliphatic rings. The zero-order valence-electron chi connectivity index (χ0n) is 29.5. The second-order valence-electron chi connectivity index (χ2n) is 12.8. The molecule has 5 aromatic rings. The topological polar surface area (TPSA) is 170 Å². The van der Waals surface area contributed by atoms with Crippen molar-refractivity contribution in [3.63, 3.8) is 0 Å². The Morgan fingerprint density at radius 2 is 1.49 bits per heavy atom. The number of anilines is 2. The number of nitrogens with one attached hydrogen (secondary N) is 1. The molecule has 0 unspecified atom stereocenters. The lowest BCUT2D eigenvalue weighted by molar-refractivity contribution is -0.142. The molecule has 0 fully saturated rings. The van der Waals surface area contributed by atoms with Crippen LogP contribution in [0.2, 0.25) is 10.0 Å². The number of Topliss-reactive ketones (excluding diaryl/α,β-unsaturated/α-hetero) is 1. The molecule has 4 aromatic carbocycles. The van der Waals surface area contributed by atoms with Crippen LogP contribution >= 0.6 is 23.2 Å². The predicted octanol–water partition coefficient (Wildman–Crippen LogP) is 6.05. The quantitative estimate of drug-likeness (QED) is 0.135. The molecule has 1 aliphatic heterocycles. The highest BCUT2D eigenvalue weighted by Gasteiger charge is 2.45. The summed E-state index contributed by atoms with van der Waals surface area (Å²) < 4.78 is 5.67. The van der Waals surface area contributed by atoms with Gasteiger partial charge >= 0.3 is 5.97 Å². The maximum absolute atomic E-state index is 14.8. The number of hydrogen-bond acceptors (Lipinski definition) is 8. The number of hydrazine groups is 1. The fourth-order valence-electron chi connectivity index (χ4n) is 6.43. The van der Waals surface area contributed by atoms with Gasteiger partial charge in [-0.1, -0.05) is 96.0 Å². The molecular weight excluding hydrogens is 749 g/mol. The Bertz CT molecular complexity index is 2270. The number of carboxylic acids is 1. The summed E-state index contributed by atoms with van der Waals surface area (Å²) >= 11 is 12.4. The van der Waals surface area contributed by atoms with E-state index in [2.05, 4.69) is 10.3 Å². The van der Waals surface area contributed by atoms with Crippen molar-refractivity contribution < 1.29 is 38.3 Å². The minimum atomic E-state index is -1.90. The fraction of sp³-hybridized carbons (Fsp3) is 0.225. The smallest absolute Gasteiger partial charge is 0.306 e. The number of aromatic nitrogens is 1. The van der Waals surface area contributed by atoms with Gasteiger partial charge in [-0.25, -0.2) is 15.0 Å². The van der Waals surface area contributed by atoms with Gasteiger partial charge in [-0.2, -0.15) is 0 Å². The third kappa shape index (κ3) is 8.85. The summed E-state index contributed by atoms with van der Waals surface area (Å²) in [5.41, 5.74) is 2.07. The minimum Gasteiger partial charge on any atom is -0.481 e. The molecule has 1 aromatic heterocycles. The van der Waals surface area contributed by atoms with E-state index in [-0.39, 0.29) is 57.8 Å². The molecular formula is C40H35Cl2N5O8. The Balaban J connectivity index is 1.42. The van der Waals surface area contributed by atoms with Crippen LogP contribution in [0.3, 0.4) is 0 Å². The van der Waals surface area contributed by atoms with Crippen LogP contribution < -0.4 is 15.2 Å². The molecule has 0 radical (unpaired) electrons. The van der Waals surface area contributed by atoms with Crippen molar-refractivity contribution in [2.24, 2.45) is 0 Å². The van der Waals surface area contributed by atoms with Gasteiger partial charge in [0.25, 0.3) is 11.8 Å². The molecule has 6 rings (SSSR count). The molecule has 15 heteroatoms. The number of rotatable bonds is 13. The fourth-order valence-corrected chi connectivity index (χ4v) is 6.95. The van der Waals surface area contributed by atoms with Crippen molar-refractivity contribution in [3.8, 4) is 0 Å². The van der Waals surface area contributed by atoms with Crippen LogP contribution in [-0.2, 0) is 36.8 Å². The van der Waals surface area contributed by atoms with Crippen molar-refractivity contribution in [2.45, 2.75) is 51.1 Å². The van der Waals surface area contributed by atoms with E-state index in [1.165, 1.54) is 23.1 Å². The number of aliphatic carboxylic acids is 1. The number of carbonyl (C=O) groups excluding carboxylic acids is 5. The second kappa shape index (κ2) is 17.0. The summed E-state index contributed by atoms with van der Waals surface area (Å²) in [7, 11) is 0. The number of oxazole rings is 1. The Hall–Kier alpha value is -6.05. The lowest BCUT2D eigenvalue weighted by Crippen LogP contribution is -2.62. The highest BCUT2D eigenvalue weighted by Crippen LogP contribution is 2.36. The number of hydrogen-bond donors (Lipinski definition) is 2. The van der Waals surface area contributed by atoms with E-state index in [1.807, 2.05) is 60.7 Å². The molecule has 13 nitrogen and oxygen atoms in total. The van der Waals surface area contributed by atoms with Gasteiger partial charge in [0.15, 0.2) is 5.58 Å². The summed E-state index contributed by atoms with van der Waals surface area (Å²) in [6.45, 7) is 0.729. The third-order valence-corrected chi connectivity index (χ3v) is 9.49. The first kappa shape index (κ1) is 38.7. The predicted molar refractivity (Wildman–Crippen MR) is 205 cm³/mol. The highest BCUT2D eigenvalue weighted by molar-refractivity contribution is 6.38. The number of ketones is 1. The number of halogens is 2. The zero-order chi connectivity index (χ0) is 39.2. The monoisotopic (exact) mass is 783 g/mol. The van der Waals surface area contributed by atoms with Crippen LogP contribution in [0.15, 0.2) is 101 Å². The molecule has 2 N–H and O–H groups in total. The maximum Gasteiger partial charge on any atom is 0.306 e. The highest BCUT2D eigenvalue weighted by atomic mass is 35.5. The molecule has 0 spiro atoms. The number of nitrogens with zero attached hydrogens (tertiary/aromatic N) is 4. The van der Waals surface area contributed by atoms with Crippen LogP contribution in [0.4, 0.5) is 11.4 Å². The Morgan fingerprint density at radius 1 is 0.891 bits per heavy atom. The minimum absolute atomic E-state index is 0.00278. The van der Waals surface area contributed by atoms with Gasteiger partial charge in [0.2, 0.25) is 23.5 Å². The summed E-state index contributed by atoms with van der Waals surface area (Å²) in [6, 6.07) is 24.2. The van der Waals surface area contributed by atoms with Gasteiger partial charge in [-0.15, -0.1) is 0 Å². The van der Waals surface area contributed by atoms with Gasteiger partial charge in [0.1, 0.15) is 17.6 Å². The molecule has 2 atom stereocenters. The number of amides is 4. The molecule has 0 bridgehead atoms. The first-order chi connectivity index (χ1) is 26.4. The standard InChI is InChI=1S/C40H35Cl2N5O8/c1-24(48)46(33(22-36(51)52)37(53)39-44-29-21-27(41)20-28(42)38(29)55-39)47-32-15-9-8-14-31(32)45(35(50)19-17-26-12-6-3-7-13-26)23-30(40(47)54)43-34(49)18-16-25-10-4-2-5-11-25/h2-15,20-21,30,33H,16-19,22-23H2,1H3,(H,43,49)(H,51,52)/t30-,33-/m0/s1. The Kier molecular flexibility index (Phi) is 11.9. The van der Waals surface area contributed by atoms with E-state index in [4.69, 9.17) is 27.6 Å². The largest absolute Gasteiger partial charge is 0.481 e. The number of para-hydroxylation sites is 2. The average Bonchev–Trinajstić information content (AvgIpc) is 3.56. The van der Waals surface area contributed by atoms with E-state index in [0.717, 1.165) is 23.1 Å². The zero-order valence-corrected chi connectivity index (χ0v) is 31.0. The molecule has 2 heterocycles. The van der Waals surface area contributed by atoms with E-state index in [1.54, 1.807) is 18.2 Å². The third-order valence-electron chi connectivity index (χ3n) is 8.99. The van der Waals surface area contributed by atoms with Gasteiger partial charge in [0.05, 0.1) is 29.4 Å². The van der Waals surface area contributed by atoms with Crippen LogP contribution in [0.5, 0.6) is 0 Å². The van der Waals surface area contributed by atoms with Gasteiger partial charge in [-0.05, 0) is 48.2 Å². The summed E-state index contributed by atoms with van der Waals surface area (Å²) in [4.78, 5) is 88.3. The number of fused-ring (bicyclic) bond motifs is 2. The second-order valence-corrected chi connectivity index (χ2v) is 13.7. The first-order valence-corrected chi connectivity index (χ1v) is 18.1. The molecule has 4 amide bonds. The van der Waals surface area contributed by atoms with E-state index in [9.17, 15) is 33.9 Å². The molecule has 0 saturated carbocycles. The molecule has 282 valence electrons. The molecule has 0 aliphatic carbocycles. The van der Waals surface area contributed by atoms with Crippen LogP contribution in [0, 0.1) is 0 Å². The van der Waals surface area contributed by atoms with E-state index >= 15 is 0 Å². The van der Waals surface area contributed by atoms with Gasteiger partial charge in [-0.3, -0.25) is 28.8 Å². The van der Waals surface area contributed by atoms with Crippen LogP contribution in [0.1, 0.15) is 48.0 Å². The maximum atomic E-state index is 14.8. The van der Waals surface area contributed by atoms with Crippen molar-refractivity contribution >= 4 is 81.1 Å². The van der Waals surface area contributed by atoms with Gasteiger partial charge in [0, 0.05) is 24.8 Å². The average molecular weight is 785 g/mol. The molecule has 0 saturated heterocycles. The number of carboxylic acid groups (broad SMARTS) is 1. The van der Waals surface area contributed by atoms with Crippen molar-refractivity contribution in [1.29, 1.82) is 0 Å². The lowest BCUT2D eigenvalue weighted by atomic mass is 10.1. The number of carbonyl (C=O) groups is 6. The van der Waals surface area contributed by atoms with Crippen LogP contribution in [0.25, 0.3) is 11.1 Å². The number of aryl methyl sites for hydroxylation is 2. The van der Waals surface area contributed by atoms with Crippen molar-refractivity contribution in [2.75, 3.05) is 16.5 Å². The molecule has 55 heavy (non-hydrogen) atoms. The summed E-state index contributed by atoms with van der Waals surface area (Å²) in [5.74, 6) is -5.84. The van der Waals surface area contributed by atoms with Crippen molar-refractivity contribution in [3.05, 3.63) is 124 Å².